The van der Waals surface area contributed by atoms with Crippen LogP contribution in [0.3, 0.4) is 0 Å². The highest BCUT2D eigenvalue weighted by molar-refractivity contribution is 9.10. The first kappa shape index (κ1) is 16.1. The highest BCUT2D eigenvalue weighted by Gasteiger charge is 2.21. The van der Waals surface area contributed by atoms with E-state index in [0.29, 0.717) is 6.42 Å². The van der Waals surface area contributed by atoms with E-state index in [2.05, 4.69) is 52.0 Å². The Balaban J connectivity index is 1.57. The van der Waals surface area contributed by atoms with Crippen LogP contribution in [-0.2, 0) is 11.2 Å². The lowest BCUT2D eigenvalue weighted by Crippen LogP contribution is -2.49. The second kappa shape index (κ2) is 7.18. The molecule has 1 heterocycles. The van der Waals surface area contributed by atoms with Gasteiger partial charge in [0.05, 0.1) is 6.42 Å². The van der Waals surface area contributed by atoms with E-state index in [1.54, 1.807) is 0 Å². The van der Waals surface area contributed by atoms with Gasteiger partial charge < -0.3 is 9.80 Å². The Morgan fingerprint density at radius 2 is 1.78 bits per heavy atom. The summed E-state index contributed by atoms with van der Waals surface area (Å²) in [6.07, 6.45) is 0.476. The van der Waals surface area contributed by atoms with Gasteiger partial charge in [0.15, 0.2) is 0 Å². The van der Waals surface area contributed by atoms with Crippen molar-refractivity contribution >= 4 is 27.5 Å². The maximum Gasteiger partial charge on any atom is 0.227 e. The van der Waals surface area contributed by atoms with Crippen LogP contribution < -0.4 is 4.90 Å². The fourth-order valence-electron chi connectivity index (χ4n) is 2.97. The molecule has 2 aromatic rings. The highest BCUT2D eigenvalue weighted by atomic mass is 79.9. The molecule has 0 N–H and O–H groups in total. The van der Waals surface area contributed by atoms with Crippen LogP contribution in [0, 0.1) is 6.92 Å². The Morgan fingerprint density at radius 3 is 2.48 bits per heavy atom. The SMILES string of the molecule is Cc1cccc(N2CCN(C(=O)Cc3cccc(Br)c3)CC2)c1. The minimum atomic E-state index is 0.215. The molecule has 0 atom stereocenters. The lowest BCUT2D eigenvalue weighted by atomic mass is 10.1. The monoisotopic (exact) mass is 372 g/mol. The average Bonchev–Trinajstić information content (AvgIpc) is 2.55. The number of carbonyl (C=O) groups is 1. The molecule has 1 aliphatic rings. The van der Waals surface area contributed by atoms with Crippen LogP contribution >= 0.6 is 15.9 Å². The molecule has 3 nitrogen and oxygen atoms in total. The van der Waals surface area contributed by atoms with Gasteiger partial charge in [-0.1, -0.05) is 40.2 Å². The molecular formula is C19H21BrN2O. The molecule has 1 aliphatic heterocycles. The van der Waals surface area contributed by atoms with Crippen LogP contribution in [0.2, 0.25) is 0 Å². The maximum absolute atomic E-state index is 12.5. The summed E-state index contributed by atoms with van der Waals surface area (Å²) in [6, 6.07) is 16.5. The summed E-state index contributed by atoms with van der Waals surface area (Å²) in [6.45, 7) is 5.49. The first-order chi connectivity index (χ1) is 11.1. The van der Waals surface area contributed by atoms with Gasteiger partial charge >= 0.3 is 0 Å². The predicted molar refractivity (Wildman–Crippen MR) is 97.8 cm³/mol. The van der Waals surface area contributed by atoms with Crippen molar-refractivity contribution in [2.75, 3.05) is 31.1 Å². The molecule has 3 rings (SSSR count). The number of nitrogens with zero attached hydrogens (tertiary/aromatic N) is 2. The summed E-state index contributed by atoms with van der Waals surface area (Å²) in [5, 5.41) is 0. The topological polar surface area (TPSA) is 23.6 Å². The second-order valence-electron chi connectivity index (χ2n) is 6.01. The standard InChI is InChI=1S/C19H21BrN2O/c1-15-4-2-7-18(12-15)21-8-10-22(11-9-21)19(23)14-16-5-3-6-17(20)13-16/h2-7,12-13H,8-11,14H2,1H3. The molecule has 0 saturated carbocycles. The Bertz CT molecular complexity index is 693. The fraction of sp³-hybridized carbons (Fsp3) is 0.316. The lowest BCUT2D eigenvalue weighted by Gasteiger charge is -2.36. The molecule has 0 unspecified atom stereocenters. The van der Waals surface area contributed by atoms with Crippen molar-refractivity contribution in [2.45, 2.75) is 13.3 Å². The van der Waals surface area contributed by atoms with Gasteiger partial charge in [-0.3, -0.25) is 4.79 Å². The van der Waals surface area contributed by atoms with Gasteiger partial charge in [-0.15, -0.1) is 0 Å². The Kier molecular flexibility index (Phi) is 5.01. The van der Waals surface area contributed by atoms with E-state index in [4.69, 9.17) is 0 Å². The molecule has 120 valence electrons. The first-order valence-corrected chi connectivity index (χ1v) is 8.75. The van der Waals surface area contributed by atoms with Gasteiger partial charge in [0.1, 0.15) is 0 Å². The molecule has 23 heavy (non-hydrogen) atoms. The maximum atomic E-state index is 12.5. The van der Waals surface area contributed by atoms with E-state index in [0.717, 1.165) is 36.2 Å². The summed E-state index contributed by atoms with van der Waals surface area (Å²) in [5.41, 5.74) is 3.59. The number of piperazine rings is 1. The summed E-state index contributed by atoms with van der Waals surface area (Å²) in [5.74, 6) is 0.215. The van der Waals surface area contributed by atoms with Crippen molar-refractivity contribution in [1.29, 1.82) is 0 Å². The fourth-order valence-corrected chi connectivity index (χ4v) is 3.42. The van der Waals surface area contributed by atoms with Crippen molar-refractivity contribution in [3.63, 3.8) is 0 Å². The summed E-state index contributed by atoms with van der Waals surface area (Å²) in [7, 11) is 0. The molecule has 4 heteroatoms. The van der Waals surface area contributed by atoms with E-state index in [1.807, 2.05) is 29.2 Å². The zero-order valence-corrected chi connectivity index (χ0v) is 14.9. The average molecular weight is 373 g/mol. The zero-order valence-electron chi connectivity index (χ0n) is 13.3. The number of aryl methyl sites for hydroxylation is 1. The normalized spacial score (nSPS) is 14.9. The number of amides is 1. The van der Waals surface area contributed by atoms with Crippen LogP contribution in [0.1, 0.15) is 11.1 Å². The van der Waals surface area contributed by atoms with Crippen molar-refractivity contribution in [3.8, 4) is 0 Å². The van der Waals surface area contributed by atoms with Crippen LogP contribution in [-0.4, -0.2) is 37.0 Å². The number of halogens is 1. The summed E-state index contributed by atoms with van der Waals surface area (Å²) >= 11 is 3.46. The van der Waals surface area contributed by atoms with Crippen LogP contribution in [0.5, 0.6) is 0 Å². The Labute approximate surface area is 146 Å². The number of benzene rings is 2. The number of carbonyl (C=O) groups excluding carboxylic acids is 1. The van der Waals surface area contributed by atoms with E-state index < -0.39 is 0 Å². The molecule has 0 aliphatic carbocycles. The van der Waals surface area contributed by atoms with E-state index >= 15 is 0 Å². The molecule has 0 aromatic heterocycles. The molecule has 0 spiro atoms. The van der Waals surface area contributed by atoms with Gasteiger partial charge in [-0.25, -0.2) is 0 Å². The van der Waals surface area contributed by atoms with E-state index in [9.17, 15) is 4.79 Å². The van der Waals surface area contributed by atoms with Gasteiger partial charge in [0, 0.05) is 36.3 Å². The molecular weight excluding hydrogens is 352 g/mol. The highest BCUT2D eigenvalue weighted by Crippen LogP contribution is 2.18. The van der Waals surface area contributed by atoms with Crippen molar-refractivity contribution in [3.05, 3.63) is 64.1 Å². The van der Waals surface area contributed by atoms with Crippen LogP contribution in [0.15, 0.2) is 53.0 Å². The lowest BCUT2D eigenvalue weighted by molar-refractivity contribution is -0.130. The quantitative estimate of drug-likeness (QED) is 0.820. The van der Waals surface area contributed by atoms with Crippen LogP contribution in [0.4, 0.5) is 5.69 Å². The number of hydrogen-bond acceptors (Lipinski definition) is 2. The Morgan fingerprint density at radius 1 is 1.04 bits per heavy atom. The number of rotatable bonds is 3. The third-order valence-corrected chi connectivity index (χ3v) is 4.74. The molecule has 0 bridgehead atoms. The van der Waals surface area contributed by atoms with E-state index in [-0.39, 0.29) is 5.91 Å². The van der Waals surface area contributed by atoms with Gasteiger partial charge in [0.2, 0.25) is 5.91 Å². The van der Waals surface area contributed by atoms with Gasteiger partial charge in [-0.05, 0) is 42.3 Å². The van der Waals surface area contributed by atoms with Crippen molar-refractivity contribution in [2.24, 2.45) is 0 Å². The molecule has 2 aromatic carbocycles. The molecule has 0 radical (unpaired) electrons. The van der Waals surface area contributed by atoms with Crippen molar-refractivity contribution in [1.82, 2.24) is 4.90 Å². The summed E-state index contributed by atoms with van der Waals surface area (Å²) in [4.78, 5) is 16.8. The second-order valence-corrected chi connectivity index (χ2v) is 6.93. The van der Waals surface area contributed by atoms with E-state index in [1.165, 1.54) is 11.3 Å². The third-order valence-electron chi connectivity index (χ3n) is 4.24. The number of hydrogen-bond donors (Lipinski definition) is 0. The third kappa shape index (κ3) is 4.14. The smallest absolute Gasteiger partial charge is 0.227 e. The van der Waals surface area contributed by atoms with Gasteiger partial charge in [0.25, 0.3) is 0 Å². The molecule has 1 saturated heterocycles. The largest absolute Gasteiger partial charge is 0.368 e. The van der Waals surface area contributed by atoms with Gasteiger partial charge in [-0.2, -0.15) is 0 Å². The molecule has 1 fully saturated rings. The summed E-state index contributed by atoms with van der Waals surface area (Å²) < 4.78 is 1.02. The number of anilines is 1. The Hall–Kier alpha value is -1.81. The zero-order chi connectivity index (χ0) is 16.2. The molecule has 1 amide bonds. The predicted octanol–water partition coefficient (Wildman–Crippen LogP) is 3.65. The first-order valence-electron chi connectivity index (χ1n) is 7.96. The minimum Gasteiger partial charge on any atom is -0.368 e. The van der Waals surface area contributed by atoms with Crippen molar-refractivity contribution < 1.29 is 4.79 Å². The van der Waals surface area contributed by atoms with Crippen LogP contribution in [0.25, 0.3) is 0 Å². The minimum absolute atomic E-state index is 0.215.